The number of aromatic amines is 1. The van der Waals surface area contributed by atoms with Crippen LogP contribution >= 0.6 is 0 Å². The maximum atomic E-state index is 13.3. The summed E-state index contributed by atoms with van der Waals surface area (Å²) in [6.07, 6.45) is 3.28. The van der Waals surface area contributed by atoms with Gasteiger partial charge in [0.05, 0.1) is 53.0 Å². The molecule has 3 aromatic heterocycles. The number of fused-ring (bicyclic) bond motifs is 1. The number of sulfone groups is 1. The van der Waals surface area contributed by atoms with E-state index in [1.807, 2.05) is 30.3 Å². The fourth-order valence-electron chi connectivity index (χ4n) is 5.35. The summed E-state index contributed by atoms with van der Waals surface area (Å²) in [5, 5.41) is 12.8. The molecule has 2 aliphatic rings. The molecular weight excluding hydrogens is 466 g/mol. The summed E-state index contributed by atoms with van der Waals surface area (Å²) in [5.74, 6) is 0.765. The van der Waals surface area contributed by atoms with Crippen LogP contribution in [0.2, 0.25) is 0 Å². The van der Waals surface area contributed by atoms with Crippen LogP contribution in [0.15, 0.2) is 30.3 Å². The fourth-order valence-corrected chi connectivity index (χ4v) is 6.84. The molecule has 5 heterocycles. The summed E-state index contributed by atoms with van der Waals surface area (Å²) in [6.45, 7) is 5.25. The molecule has 35 heavy (non-hydrogen) atoms. The van der Waals surface area contributed by atoms with Crippen molar-refractivity contribution in [2.24, 2.45) is 0 Å². The maximum absolute atomic E-state index is 13.3. The number of morpholine rings is 1. The highest BCUT2D eigenvalue weighted by molar-refractivity contribution is 7.91. The lowest BCUT2D eigenvalue weighted by atomic mass is 9.88. The highest BCUT2D eigenvalue weighted by Crippen LogP contribution is 2.41. The number of rotatable bonds is 6. The van der Waals surface area contributed by atoms with Crippen molar-refractivity contribution >= 4 is 26.7 Å². The molecule has 10 heteroatoms. The summed E-state index contributed by atoms with van der Waals surface area (Å²) in [7, 11) is -3.40. The van der Waals surface area contributed by atoms with E-state index in [4.69, 9.17) is 14.7 Å². The van der Waals surface area contributed by atoms with Gasteiger partial charge in [0.2, 0.25) is 0 Å². The van der Waals surface area contributed by atoms with Gasteiger partial charge in [0.25, 0.3) is 0 Å². The Kier molecular flexibility index (Phi) is 6.56. The van der Waals surface area contributed by atoms with E-state index in [2.05, 4.69) is 22.1 Å². The van der Waals surface area contributed by atoms with Crippen LogP contribution in [0.1, 0.15) is 37.4 Å². The van der Waals surface area contributed by atoms with Gasteiger partial charge in [-0.25, -0.2) is 18.4 Å². The molecule has 3 aromatic rings. The Hall–Kier alpha value is -2.53. The lowest BCUT2D eigenvalue weighted by Gasteiger charge is -2.39. The molecule has 0 amide bonds. The first-order chi connectivity index (χ1) is 16.8. The second-order valence-electron chi connectivity index (χ2n) is 9.53. The Morgan fingerprint density at radius 2 is 1.97 bits per heavy atom. The lowest BCUT2D eigenvalue weighted by molar-refractivity contribution is 0.0925. The third-order valence-corrected chi connectivity index (χ3v) is 9.48. The molecule has 0 aromatic carbocycles. The predicted molar refractivity (Wildman–Crippen MR) is 136 cm³/mol. The molecule has 2 fully saturated rings. The number of aliphatic hydroxyl groups is 1. The summed E-state index contributed by atoms with van der Waals surface area (Å²) in [6, 6.07) is 9.69. The van der Waals surface area contributed by atoms with Crippen LogP contribution in [0.5, 0.6) is 0 Å². The smallest absolute Gasteiger partial charge is 0.157 e. The van der Waals surface area contributed by atoms with Gasteiger partial charge >= 0.3 is 0 Å². The zero-order valence-electron chi connectivity index (χ0n) is 20.2. The van der Waals surface area contributed by atoms with Gasteiger partial charge in [-0.3, -0.25) is 0 Å². The molecule has 3 N–H and O–H groups in total. The summed E-state index contributed by atoms with van der Waals surface area (Å²) in [4.78, 5) is 15.2. The molecule has 1 unspecified atom stereocenters. The van der Waals surface area contributed by atoms with Gasteiger partial charge in [-0.2, -0.15) is 0 Å². The predicted octanol–water partition coefficient (Wildman–Crippen LogP) is 2.36. The Labute approximate surface area is 205 Å². The van der Waals surface area contributed by atoms with Crippen molar-refractivity contribution < 1.29 is 18.3 Å². The van der Waals surface area contributed by atoms with E-state index in [0.29, 0.717) is 62.8 Å². The van der Waals surface area contributed by atoms with E-state index < -0.39 is 14.6 Å². The number of hydrogen-bond acceptors (Lipinski definition) is 8. The number of H-pyrrole nitrogens is 1. The Bertz CT molecular complexity index is 1320. The number of aromatic nitrogens is 3. The fraction of sp³-hybridized carbons (Fsp3) is 0.520. The highest BCUT2D eigenvalue weighted by Gasteiger charge is 2.44. The molecule has 0 spiro atoms. The molecular formula is C25H33N5O4S. The average molecular weight is 500 g/mol. The largest absolute Gasteiger partial charge is 0.390 e. The van der Waals surface area contributed by atoms with Crippen LogP contribution in [-0.4, -0.2) is 73.6 Å². The number of aliphatic hydroxyl groups excluding tert-OH is 1. The quantitative estimate of drug-likeness (QED) is 0.473. The first-order valence-electron chi connectivity index (χ1n) is 12.2. The first kappa shape index (κ1) is 24.2. The third kappa shape index (κ3) is 4.44. The van der Waals surface area contributed by atoms with Crippen molar-refractivity contribution in [2.75, 3.05) is 44.0 Å². The number of hydrogen-bond donors (Lipinski definition) is 3. The van der Waals surface area contributed by atoms with E-state index in [0.717, 1.165) is 28.8 Å². The lowest BCUT2D eigenvalue weighted by Crippen LogP contribution is -2.47. The molecule has 0 aliphatic carbocycles. The molecule has 1 atom stereocenters. The molecule has 188 valence electrons. The van der Waals surface area contributed by atoms with E-state index in [1.165, 1.54) is 6.26 Å². The Morgan fingerprint density at radius 3 is 2.69 bits per heavy atom. The van der Waals surface area contributed by atoms with Crippen molar-refractivity contribution in [1.29, 1.82) is 0 Å². The van der Waals surface area contributed by atoms with E-state index in [9.17, 15) is 13.5 Å². The van der Waals surface area contributed by atoms with E-state index in [-0.39, 0.29) is 12.6 Å². The molecule has 0 saturated carbocycles. The number of nitrogens with zero attached hydrogens (tertiary/aromatic N) is 3. The van der Waals surface area contributed by atoms with Crippen LogP contribution < -0.4 is 10.2 Å². The molecule has 0 bridgehead atoms. The monoisotopic (exact) mass is 499 g/mol. The van der Waals surface area contributed by atoms with Gasteiger partial charge in [-0.05, 0) is 68.2 Å². The van der Waals surface area contributed by atoms with Gasteiger partial charge in [0, 0.05) is 18.5 Å². The number of nitrogens with one attached hydrogen (secondary N) is 2. The second-order valence-corrected chi connectivity index (χ2v) is 11.9. The Morgan fingerprint density at radius 1 is 1.17 bits per heavy atom. The number of pyridine rings is 2. The number of anilines is 1. The van der Waals surface area contributed by atoms with Crippen LogP contribution in [-0.2, 0) is 25.9 Å². The van der Waals surface area contributed by atoms with Crippen LogP contribution in [0, 0.1) is 0 Å². The topological polar surface area (TPSA) is 120 Å². The minimum Gasteiger partial charge on any atom is -0.390 e. The SMILES string of the molecule is CCC1COCCN1c1cc(C2(S(C)(=O)=O)CCNCC2)cc(-c2ccc3[nH]c(CO)cc3n2)n1. The summed E-state index contributed by atoms with van der Waals surface area (Å²) >= 11 is 0. The summed E-state index contributed by atoms with van der Waals surface area (Å²) in [5.41, 5.74) is 4.35. The van der Waals surface area contributed by atoms with Gasteiger partial charge in [0.15, 0.2) is 9.84 Å². The van der Waals surface area contributed by atoms with Crippen molar-refractivity contribution in [1.82, 2.24) is 20.3 Å². The van der Waals surface area contributed by atoms with Gasteiger partial charge in [0.1, 0.15) is 5.82 Å². The first-order valence-corrected chi connectivity index (χ1v) is 14.1. The third-order valence-electron chi connectivity index (χ3n) is 7.42. The minimum atomic E-state index is -3.40. The standard InChI is InChI=1S/C25H33N5O4S/c1-3-19-16-34-11-10-30(19)24-13-17(25(35(2,32)33)6-8-26-9-7-25)12-22(29-24)21-5-4-20-23(28-21)14-18(15-31)27-20/h4-5,12-14,19,26-27,31H,3,6-11,15-16H2,1-2H3. The van der Waals surface area contributed by atoms with Crippen LogP contribution in [0.3, 0.4) is 0 Å². The van der Waals surface area contributed by atoms with E-state index >= 15 is 0 Å². The number of piperidine rings is 1. The second kappa shape index (κ2) is 9.50. The zero-order valence-corrected chi connectivity index (χ0v) is 21.1. The van der Waals surface area contributed by atoms with Gasteiger partial charge in [-0.15, -0.1) is 0 Å². The Balaban J connectivity index is 1.69. The van der Waals surface area contributed by atoms with Crippen molar-refractivity contribution in [3.05, 3.63) is 41.6 Å². The molecule has 0 radical (unpaired) electrons. The van der Waals surface area contributed by atoms with Crippen molar-refractivity contribution in [3.8, 4) is 11.4 Å². The van der Waals surface area contributed by atoms with E-state index in [1.54, 1.807) is 0 Å². The summed E-state index contributed by atoms with van der Waals surface area (Å²) < 4.78 is 31.2. The van der Waals surface area contributed by atoms with Crippen LogP contribution in [0.25, 0.3) is 22.4 Å². The highest BCUT2D eigenvalue weighted by atomic mass is 32.2. The zero-order chi connectivity index (χ0) is 24.6. The number of ether oxygens (including phenoxy) is 1. The molecule has 9 nitrogen and oxygen atoms in total. The van der Waals surface area contributed by atoms with Gasteiger partial charge in [-0.1, -0.05) is 6.92 Å². The normalized spacial score (nSPS) is 20.9. The maximum Gasteiger partial charge on any atom is 0.157 e. The molecule has 5 rings (SSSR count). The molecule has 2 saturated heterocycles. The van der Waals surface area contributed by atoms with Crippen molar-refractivity contribution in [2.45, 2.75) is 43.6 Å². The average Bonchev–Trinajstić information content (AvgIpc) is 3.31. The minimum absolute atomic E-state index is 0.0933. The molecule has 2 aliphatic heterocycles. The van der Waals surface area contributed by atoms with Crippen molar-refractivity contribution in [3.63, 3.8) is 0 Å². The van der Waals surface area contributed by atoms with Gasteiger partial charge < -0.3 is 25.0 Å². The van der Waals surface area contributed by atoms with Crippen LogP contribution in [0.4, 0.5) is 5.82 Å².